The quantitative estimate of drug-likeness (QED) is 0.381. The molecular weight excluding hydrogens is 396 g/mol. The molecule has 0 radical (unpaired) electrons. The smallest absolute Gasteiger partial charge is 0.197 e. The zero-order valence-corrected chi connectivity index (χ0v) is 17.8. The zero-order valence-electron chi connectivity index (χ0n) is 17.8. The monoisotopic (exact) mass is 416 g/mol. The lowest BCUT2D eigenvalue weighted by Crippen LogP contribution is -2.08. The lowest BCUT2D eigenvalue weighted by Gasteiger charge is -2.18. The third-order valence-electron chi connectivity index (χ3n) is 6.03. The number of para-hydroxylation sites is 1. The van der Waals surface area contributed by atoms with Crippen molar-refractivity contribution in [3.8, 4) is 11.3 Å². The minimum absolute atomic E-state index is 0.0453. The number of nitrogens with zero attached hydrogens (tertiary/aromatic N) is 6. The van der Waals surface area contributed by atoms with E-state index in [1.807, 2.05) is 43.0 Å². The summed E-state index contributed by atoms with van der Waals surface area (Å²) in [6.07, 6.45) is 7.27. The standard InChI is InChI=1S/C26H20N6/c1-16-10-23-19(7-5-9-27-23)12-21(16)17(2)32-15-30-25-26(32)31-24(14-29-25)20-11-18-6-3-4-8-22(18)28-13-20/h3-15,17H,1-2H3. The highest BCUT2D eigenvalue weighted by Crippen LogP contribution is 2.29. The molecule has 0 fully saturated rings. The molecule has 32 heavy (non-hydrogen) atoms. The van der Waals surface area contributed by atoms with Crippen molar-refractivity contribution >= 4 is 33.1 Å². The highest BCUT2D eigenvalue weighted by molar-refractivity contribution is 5.83. The van der Waals surface area contributed by atoms with Gasteiger partial charge in [0.05, 0.1) is 35.3 Å². The first kappa shape index (κ1) is 18.6. The Kier molecular flexibility index (Phi) is 4.18. The van der Waals surface area contributed by atoms with Gasteiger partial charge in [0, 0.05) is 28.7 Å². The van der Waals surface area contributed by atoms with Gasteiger partial charge in [0.15, 0.2) is 11.3 Å². The zero-order chi connectivity index (χ0) is 21.7. The highest BCUT2D eigenvalue weighted by atomic mass is 15.1. The fourth-order valence-electron chi connectivity index (χ4n) is 4.28. The van der Waals surface area contributed by atoms with Crippen molar-refractivity contribution < 1.29 is 0 Å². The van der Waals surface area contributed by atoms with E-state index in [1.54, 1.807) is 6.20 Å². The molecule has 1 unspecified atom stereocenters. The maximum atomic E-state index is 4.94. The Morgan fingerprint density at radius 1 is 0.812 bits per heavy atom. The van der Waals surface area contributed by atoms with E-state index in [1.165, 1.54) is 11.1 Å². The van der Waals surface area contributed by atoms with Gasteiger partial charge in [-0.05, 0) is 55.3 Å². The Labute approximate surface area is 184 Å². The summed E-state index contributed by atoms with van der Waals surface area (Å²) in [5, 5.41) is 2.20. The van der Waals surface area contributed by atoms with Crippen LogP contribution in [0.5, 0.6) is 0 Å². The van der Waals surface area contributed by atoms with Gasteiger partial charge in [0.1, 0.15) is 0 Å². The first-order valence-electron chi connectivity index (χ1n) is 10.6. The lowest BCUT2D eigenvalue weighted by atomic mass is 9.99. The van der Waals surface area contributed by atoms with Crippen LogP contribution in [0.3, 0.4) is 0 Å². The molecular formula is C26H20N6. The van der Waals surface area contributed by atoms with E-state index in [4.69, 9.17) is 4.98 Å². The number of pyridine rings is 2. The van der Waals surface area contributed by atoms with E-state index in [9.17, 15) is 0 Å². The molecule has 154 valence electrons. The van der Waals surface area contributed by atoms with Gasteiger partial charge < -0.3 is 4.57 Å². The third kappa shape index (κ3) is 3.00. The van der Waals surface area contributed by atoms with Gasteiger partial charge in [0.2, 0.25) is 0 Å². The molecule has 0 amide bonds. The first-order valence-corrected chi connectivity index (χ1v) is 10.6. The van der Waals surface area contributed by atoms with Crippen molar-refractivity contribution in [1.29, 1.82) is 0 Å². The van der Waals surface area contributed by atoms with Crippen LogP contribution in [-0.4, -0.2) is 29.5 Å². The van der Waals surface area contributed by atoms with Crippen LogP contribution in [0, 0.1) is 6.92 Å². The van der Waals surface area contributed by atoms with Gasteiger partial charge in [-0.25, -0.2) is 15.0 Å². The molecule has 4 heterocycles. The number of rotatable bonds is 3. The van der Waals surface area contributed by atoms with E-state index >= 15 is 0 Å². The Bertz CT molecular complexity index is 1620. The van der Waals surface area contributed by atoms with Crippen LogP contribution in [0.15, 0.2) is 79.5 Å². The highest BCUT2D eigenvalue weighted by Gasteiger charge is 2.17. The fraction of sp³-hybridized carbons (Fsp3) is 0.115. The molecule has 0 N–H and O–H groups in total. The number of imidazole rings is 1. The summed E-state index contributed by atoms with van der Waals surface area (Å²) in [7, 11) is 0. The molecule has 6 heteroatoms. The number of aryl methyl sites for hydroxylation is 1. The average molecular weight is 416 g/mol. The van der Waals surface area contributed by atoms with Crippen molar-refractivity contribution in [1.82, 2.24) is 29.5 Å². The maximum Gasteiger partial charge on any atom is 0.197 e. The van der Waals surface area contributed by atoms with Crippen LogP contribution in [0.2, 0.25) is 0 Å². The molecule has 6 rings (SSSR count). The topological polar surface area (TPSA) is 69.4 Å². The van der Waals surface area contributed by atoms with Gasteiger partial charge in [-0.2, -0.15) is 0 Å². The van der Waals surface area contributed by atoms with Crippen molar-refractivity contribution in [2.75, 3.05) is 0 Å². The average Bonchev–Trinajstić information content (AvgIpc) is 3.26. The van der Waals surface area contributed by atoms with Crippen molar-refractivity contribution in [3.05, 3.63) is 90.6 Å². The first-order chi connectivity index (χ1) is 15.7. The second-order valence-corrected chi connectivity index (χ2v) is 8.05. The maximum absolute atomic E-state index is 4.94. The Hall–Kier alpha value is -4.19. The summed E-state index contributed by atoms with van der Waals surface area (Å²) >= 11 is 0. The van der Waals surface area contributed by atoms with Gasteiger partial charge in [0.25, 0.3) is 0 Å². The molecule has 0 bridgehead atoms. The number of fused-ring (bicyclic) bond motifs is 3. The van der Waals surface area contributed by atoms with Gasteiger partial charge in [-0.3, -0.25) is 9.97 Å². The van der Waals surface area contributed by atoms with Crippen LogP contribution in [0.25, 0.3) is 44.4 Å². The molecule has 1 atom stereocenters. The van der Waals surface area contributed by atoms with Crippen LogP contribution < -0.4 is 0 Å². The van der Waals surface area contributed by atoms with E-state index in [0.717, 1.165) is 38.7 Å². The number of benzene rings is 2. The number of hydrogen-bond donors (Lipinski definition) is 0. The van der Waals surface area contributed by atoms with E-state index in [-0.39, 0.29) is 6.04 Å². The minimum Gasteiger partial charge on any atom is -0.307 e. The Morgan fingerprint density at radius 3 is 2.59 bits per heavy atom. The molecule has 2 aromatic carbocycles. The number of hydrogen-bond acceptors (Lipinski definition) is 5. The predicted molar refractivity (Wildman–Crippen MR) is 126 cm³/mol. The van der Waals surface area contributed by atoms with E-state index < -0.39 is 0 Å². The second kappa shape index (κ2) is 7.20. The molecule has 6 aromatic rings. The van der Waals surface area contributed by atoms with Crippen LogP contribution in [-0.2, 0) is 0 Å². The summed E-state index contributed by atoms with van der Waals surface area (Å²) < 4.78 is 2.09. The normalized spacial score (nSPS) is 12.6. The molecule has 0 saturated carbocycles. The molecule has 0 aliphatic carbocycles. The van der Waals surface area contributed by atoms with Crippen molar-refractivity contribution in [2.45, 2.75) is 19.9 Å². The molecule has 0 spiro atoms. The fourth-order valence-corrected chi connectivity index (χ4v) is 4.28. The third-order valence-corrected chi connectivity index (χ3v) is 6.03. The molecule has 0 aliphatic rings. The molecule has 6 nitrogen and oxygen atoms in total. The predicted octanol–water partition coefficient (Wildman–Crippen LogP) is 5.51. The SMILES string of the molecule is Cc1cc2ncccc2cc1C(C)n1cnc2ncc(-c3cnc4ccccc4c3)nc21. The van der Waals surface area contributed by atoms with Crippen LogP contribution >= 0.6 is 0 Å². The second-order valence-electron chi connectivity index (χ2n) is 8.05. The van der Waals surface area contributed by atoms with Crippen molar-refractivity contribution in [3.63, 3.8) is 0 Å². The van der Waals surface area contributed by atoms with Gasteiger partial charge in [-0.15, -0.1) is 0 Å². The van der Waals surface area contributed by atoms with Crippen LogP contribution in [0.4, 0.5) is 0 Å². The van der Waals surface area contributed by atoms with E-state index in [2.05, 4.69) is 68.7 Å². The van der Waals surface area contributed by atoms with Gasteiger partial charge >= 0.3 is 0 Å². The Balaban J connectivity index is 1.46. The van der Waals surface area contributed by atoms with Crippen LogP contribution in [0.1, 0.15) is 24.1 Å². The summed E-state index contributed by atoms with van der Waals surface area (Å²) in [5.41, 5.74) is 7.48. The number of aromatic nitrogens is 6. The molecule has 0 aliphatic heterocycles. The summed E-state index contributed by atoms with van der Waals surface area (Å²) in [5.74, 6) is 0. The summed E-state index contributed by atoms with van der Waals surface area (Å²) in [4.78, 5) is 23.1. The molecule has 4 aromatic heterocycles. The summed E-state index contributed by atoms with van der Waals surface area (Å²) in [6, 6.07) is 18.6. The minimum atomic E-state index is 0.0453. The Morgan fingerprint density at radius 2 is 1.66 bits per heavy atom. The van der Waals surface area contributed by atoms with Crippen molar-refractivity contribution in [2.24, 2.45) is 0 Å². The summed E-state index contributed by atoms with van der Waals surface area (Å²) in [6.45, 7) is 4.29. The molecule has 0 saturated heterocycles. The van der Waals surface area contributed by atoms with E-state index in [0.29, 0.717) is 5.65 Å². The lowest BCUT2D eigenvalue weighted by molar-refractivity contribution is 0.649. The largest absolute Gasteiger partial charge is 0.307 e. The van der Waals surface area contributed by atoms with Gasteiger partial charge in [-0.1, -0.05) is 24.3 Å².